The Labute approximate surface area is 95.2 Å². The van der Waals surface area contributed by atoms with E-state index in [2.05, 4.69) is 18.9 Å². The molecule has 0 bridgehead atoms. The van der Waals surface area contributed by atoms with E-state index >= 15 is 0 Å². The van der Waals surface area contributed by atoms with Crippen molar-refractivity contribution in [3.8, 4) is 0 Å². The van der Waals surface area contributed by atoms with Crippen molar-refractivity contribution in [2.24, 2.45) is 18.7 Å². The van der Waals surface area contributed by atoms with Crippen LogP contribution in [0.4, 0.5) is 11.5 Å². The molecule has 1 heterocycles. The summed E-state index contributed by atoms with van der Waals surface area (Å²) >= 11 is 0. The molecule has 4 N–H and O–H groups in total. The Bertz CT molecular complexity index is 371. The van der Waals surface area contributed by atoms with Crippen LogP contribution in [0.1, 0.15) is 13.8 Å². The predicted octanol–water partition coefficient (Wildman–Crippen LogP) is -0.0500. The lowest BCUT2D eigenvalue weighted by molar-refractivity contribution is -0.116. The van der Waals surface area contributed by atoms with Gasteiger partial charge in [0.15, 0.2) is 5.82 Å². The zero-order valence-electron chi connectivity index (χ0n) is 9.97. The lowest BCUT2D eigenvalue weighted by Gasteiger charge is -2.23. The molecule has 0 saturated heterocycles. The molecule has 1 amide bonds. The highest BCUT2D eigenvalue weighted by atomic mass is 16.1. The van der Waals surface area contributed by atoms with Gasteiger partial charge in [0.05, 0.1) is 12.2 Å². The SMILES string of the molecule is CC(C)CN(CC(N)=O)c1nn(C)cc1N. The number of hydrogen-bond acceptors (Lipinski definition) is 4. The van der Waals surface area contributed by atoms with Crippen LogP contribution < -0.4 is 16.4 Å². The van der Waals surface area contributed by atoms with Crippen LogP contribution in [0.3, 0.4) is 0 Å². The third-order valence-electron chi connectivity index (χ3n) is 2.07. The number of nitrogen functional groups attached to an aromatic ring is 1. The molecular weight excluding hydrogens is 206 g/mol. The van der Waals surface area contributed by atoms with Crippen molar-refractivity contribution in [1.82, 2.24) is 9.78 Å². The maximum atomic E-state index is 11.0. The van der Waals surface area contributed by atoms with Crippen LogP contribution in [0.2, 0.25) is 0 Å². The largest absolute Gasteiger partial charge is 0.394 e. The quantitative estimate of drug-likeness (QED) is 0.735. The van der Waals surface area contributed by atoms with Crippen LogP contribution in [-0.2, 0) is 11.8 Å². The minimum absolute atomic E-state index is 0.138. The number of nitrogens with zero attached hydrogens (tertiary/aromatic N) is 3. The molecule has 16 heavy (non-hydrogen) atoms. The highest BCUT2D eigenvalue weighted by molar-refractivity contribution is 5.80. The van der Waals surface area contributed by atoms with E-state index in [0.29, 0.717) is 24.0 Å². The van der Waals surface area contributed by atoms with E-state index in [1.54, 1.807) is 17.9 Å². The molecule has 0 aliphatic carbocycles. The van der Waals surface area contributed by atoms with Crippen LogP contribution in [-0.4, -0.2) is 28.8 Å². The number of aryl methyl sites for hydroxylation is 1. The van der Waals surface area contributed by atoms with Crippen LogP contribution >= 0.6 is 0 Å². The first-order chi connectivity index (χ1) is 7.40. The zero-order valence-corrected chi connectivity index (χ0v) is 9.97. The van der Waals surface area contributed by atoms with Crippen LogP contribution in [0.25, 0.3) is 0 Å². The maximum absolute atomic E-state index is 11.0. The van der Waals surface area contributed by atoms with Crippen molar-refractivity contribution in [2.75, 3.05) is 23.7 Å². The van der Waals surface area contributed by atoms with Gasteiger partial charge in [0.2, 0.25) is 5.91 Å². The number of anilines is 2. The molecule has 0 unspecified atom stereocenters. The Balaban J connectivity index is 2.91. The second-order valence-electron chi connectivity index (χ2n) is 4.32. The molecule has 0 aromatic carbocycles. The fourth-order valence-corrected chi connectivity index (χ4v) is 1.60. The van der Waals surface area contributed by atoms with Gasteiger partial charge in [0.25, 0.3) is 0 Å². The van der Waals surface area contributed by atoms with Gasteiger partial charge in [-0.25, -0.2) is 0 Å². The van der Waals surface area contributed by atoms with E-state index < -0.39 is 0 Å². The number of nitrogens with two attached hydrogens (primary N) is 2. The first kappa shape index (κ1) is 12.4. The van der Waals surface area contributed by atoms with Gasteiger partial charge in [0.1, 0.15) is 0 Å². The van der Waals surface area contributed by atoms with E-state index in [-0.39, 0.29) is 12.5 Å². The van der Waals surface area contributed by atoms with Gasteiger partial charge in [-0.1, -0.05) is 13.8 Å². The molecule has 0 radical (unpaired) electrons. The summed E-state index contributed by atoms with van der Waals surface area (Å²) in [5.41, 5.74) is 11.6. The van der Waals surface area contributed by atoms with Gasteiger partial charge >= 0.3 is 0 Å². The summed E-state index contributed by atoms with van der Waals surface area (Å²) in [4.78, 5) is 12.8. The number of primary amides is 1. The third-order valence-corrected chi connectivity index (χ3v) is 2.07. The van der Waals surface area contributed by atoms with E-state index in [0.717, 1.165) is 0 Å². The second-order valence-corrected chi connectivity index (χ2v) is 4.32. The Morgan fingerprint density at radius 2 is 2.25 bits per heavy atom. The molecule has 1 aromatic rings. The zero-order chi connectivity index (χ0) is 12.3. The van der Waals surface area contributed by atoms with Gasteiger partial charge in [-0.15, -0.1) is 0 Å². The number of hydrogen-bond donors (Lipinski definition) is 2. The molecule has 0 fully saturated rings. The Kier molecular flexibility index (Phi) is 3.76. The molecular formula is C10H19N5O. The fraction of sp³-hybridized carbons (Fsp3) is 0.600. The molecule has 0 spiro atoms. The topological polar surface area (TPSA) is 90.2 Å². The highest BCUT2D eigenvalue weighted by Crippen LogP contribution is 2.20. The second kappa shape index (κ2) is 4.87. The van der Waals surface area contributed by atoms with E-state index in [1.165, 1.54) is 0 Å². The van der Waals surface area contributed by atoms with Crippen molar-refractivity contribution in [2.45, 2.75) is 13.8 Å². The first-order valence-corrected chi connectivity index (χ1v) is 5.22. The average Bonchev–Trinajstić information content (AvgIpc) is 2.42. The van der Waals surface area contributed by atoms with Crippen LogP contribution in [0.15, 0.2) is 6.20 Å². The van der Waals surface area contributed by atoms with Gasteiger partial charge in [0, 0.05) is 19.8 Å². The summed E-state index contributed by atoms with van der Waals surface area (Å²) < 4.78 is 1.62. The number of rotatable bonds is 5. The number of aromatic nitrogens is 2. The highest BCUT2D eigenvalue weighted by Gasteiger charge is 2.16. The fourth-order valence-electron chi connectivity index (χ4n) is 1.60. The minimum Gasteiger partial charge on any atom is -0.394 e. The Hall–Kier alpha value is -1.72. The number of carbonyl (C=O) groups is 1. The van der Waals surface area contributed by atoms with Crippen molar-refractivity contribution < 1.29 is 4.79 Å². The Morgan fingerprint density at radius 1 is 1.62 bits per heavy atom. The van der Waals surface area contributed by atoms with E-state index in [1.807, 2.05) is 4.90 Å². The summed E-state index contributed by atoms with van der Waals surface area (Å²) in [7, 11) is 1.79. The molecule has 1 aromatic heterocycles. The summed E-state index contributed by atoms with van der Waals surface area (Å²) in [6.07, 6.45) is 1.71. The Morgan fingerprint density at radius 3 is 2.62 bits per heavy atom. The average molecular weight is 225 g/mol. The van der Waals surface area contributed by atoms with E-state index in [4.69, 9.17) is 11.5 Å². The maximum Gasteiger partial charge on any atom is 0.237 e. The smallest absolute Gasteiger partial charge is 0.237 e. The van der Waals surface area contributed by atoms with Crippen molar-refractivity contribution >= 4 is 17.4 Å². The van der Waals surface area contributed by atoms with Crippen molar-refractivity contribution in [1.29, 1.82) is 0 Å². The summed E-state index contributed by atoms with van der Waals surface area (Å²) in [5.74, 6) is 0.640. The third kappa shape index (κ3) is 3.15. The molecule has 0 atom stereocenters. The van der Waals surface area contributed by atoms with Gasteiger partial charge < -0.3 is 16.4 Å². The molecule has 6 heteroatoms. The van der Waals surface area contributed by atoms with Crippen molar-refractivity contribution in [3.63, 3.8) is 0 Å². The van der Waals surface area contributed by atoms with Gasteiger partial charge in [-0.05, 0) is 5.92 Å². The molecule has 6 nitrogen and oxygen atoms in total. The summed E-state index contributed by atoms with van der Waals surface area (Å²) in [5, 5.41) is 4.23. The van der Waals surface area contributed by atoms with Crippen LogP contribution in [0, 0.1) is 5.92 Å². The normalized spacial score (nSPS) is 10.8. The predicted molar refractivity (Wildman–Crippen MR) is 63.9 cm³/mol. The molecule has 1 rings (SSSR count). The lowest BCUT2D eigenvalue weighted by Crippen LogP contribution is -2.37. The lowest BCUT2D eigenvalue weighted by atomic mass is 10.2. The van der Waals surface area contributed by atoms with Gasteiger partial charge in [-0.3, -0.25) is 9.48 Å². The first-order valence-electron chi connectivity index (χ1n) is 5.22. The molecule has 0 saturated carbocycles. The van der Waals surface area contributed by atoms with E-state index in [9.17, 15) is 4.79 Å². The number of carbonyl (C=O) groups excluding carboxylic acids is 1. The minimum atomic E-state index is -0.384. The van der Waals surface area contributed by atoms with Gasteiger partial charge in [-0.2, -0.15) is 5.10 Å². The standard InChI is InChI=1S/C10H19N5O/c1-7(2)4-15(6-9(12)16)10-8(11)5-14(3)13-10/h5,7H,4,6,11H2,1-3H3,(H2,12,16). The van der Waals surface area contributed by atoms with Crippen molar-refractivity contribution in [3.05, 3.63) is 6.20 Å². The van der Waals surface area contributed by atoms with Crippen LogP contribution in [0.5, 0.6) is 0 Å². The monoisotopic (exact) mass is 225 g/mol. The summed E-state index contributed by atoms with van der Waals surface area (Å²) in [6.45, 7) is 4.96. The molecule has 0 aliphatic heterocycles. The molecule has 0 aliphatic rings. The summed E-state index contributed by atoms with van der Waals surface area (Å²) in [6, 6.07) is 0. The number of amides is 1. The molecule has 90 valence electrons.